The molecule has 1 aliphatic rings. The van der Waals surface area contributed by atoms with Gasteiger partial charge in [-0.1, -0.05) is 0 Å². The van der Waals surface area contributed by atoms with E-state index in [1.165, 1.54) is 6.07 Å². The van der Waals surface area contributed by atoms with E-state index in [2.05, 4.69) is 9.97 Å². The lowest BCUT2D eigenvalue weighted by Crippen LogP contribution is -2.28. The second kappa shape index (κ2) is 3.75. The maximum atomic E-state index is 11.4. The molecule has 0 radical (unpaired) electrons. The molecule has 1 unspecified atom stereocenters. The van der Waals surface area contributed by atoms with Gasteiger partial charge < -0.3 is 15.5 Å². The van der Waals surface area contributed by atoms with Crippen LogP contribution in [0.2, 0.25) is 0 Å². The van der Waals surface area contributed by atoms with E-state index < -0.39 is 5.60 Å². The summed E-state index contributed by atoms with van der Waals surface area (Å²) >= 11 is 0. The monoisotopic (exact) mass is 209 g/mol. The van der Waals surface area contributed by atoms with E-state index >= 15 is 0 Å². The Morgan fingerprint density at radius 3 is 3.13 bits per heavy atom. The molecule has 0 spiro atoms. The van der Waals surface area contributed by atoms with Crippen molar-refractivity contribution in [2.45, 2.75) is 31.9 Å². The summed E-state index contributed by atoms with van der Waals surface area (Å²) < 4.78 is 5.61. The number of hydrogen-bond donors (Lipinski definition) is 2. The SMILES string of the molecule is CC1(c2nc(CN)cc(=O)[nH]2)CCCO1. The Hall–Kier alpha value is -1.20. The second-order valence-electron chi connectivity index (χ2n) is 3.97. The quantitative estimate of drug-likeness (QED) is 0.731. The summed E-state index contributed by atoms with van der Waals surface area (Å²) in [7, 11) is 0. The van der Waals surface area contributed by atoms with Crippen LogP contribution in [0.3, 0.4) is 0 Å². The predicted octanol–water partition coefficient (Wildman–Crippen LogP) is 0.254. The molecule has 5 heteroatoms. The summed E-state index contributed by atoms with van der Waals surface area (Å²) in [5.74, 6) is 0.591. The van der Waals surface area contributed by atoms with Crippen molar-refractivity contribution in [3.8, 4) is 0 Å². The third-order valence-corrected chi connectivity index (χ3v) is 2.72. The van der Waals surface area contributed by atoms with Crippen LogP contribution >= 0.6 is 0 Å². The first-order valence-electron chi connectivity index (χ1n) is 5.09. The summed E-state index contributed by atoms with van der Waals surface area (Å²) in [6.07, 6.45) is 1.87. The van der Waals surface area contributed by atoms with Crippen molar-refractivity contribution in [1.82, 2.24) is 9.97 Å². The van der Waals surface area contributed by atoms with Crippen molar-refractivity contribution in [2.24, 2.45) is 5.73 Å². The molecule has 1 saturated heterocycles. The van der Waals surface area contributed by atoms with E-state index in [1.54, 1.807) is 0 Å². The van der Waals surface area contributed by atoms with Crippen LogP contribution in [0.15, 0.2) is 10.9 Å². The highest BCUT2D eigenvalue weighted by molar-refractivity contribution is 5.08. The fraction of sp³-hybridized carbons (Fsp3) is 0.600. The van der Waals surface area contributed by atoms with E-state index in [-0.39, 0.29) is 12.1 Å². The number of ether oxygens (including phenoxy) is 1. The van der Waals surface area contributed by atoms with Gasteiger partial charge in [0.1, 0.15) is 11.4 Å². The number of nitrogens with one attached hydrogen (secondary N) is 1. The van der Waals surface area contributed by atoms with Gasteiger partial charge in [-0.2, -0.15) is 0 Å². The average molecular weight is 209 g/mol. The van der Waals surface area contributed by atoms with E-state index in [0.29, 0.717) is 18.1 Å². The van der Waals surface area contributed by atoms with Gasteiger partial charge in [-0.15, -0.1) is 0 Å². The molecule has 2 heterocycles. The zero-order chi connectivity index (χ0) is 10.9. The topological polar surface area (TPSA) is 81.0 Å². The minimum atomic E-state index is -0.454. The minimum absolute atomic E-state index is 0.169. The van der Waals surface area contributed by atoms with Crippen LogP contribution in [0.5, 0.6) is 0 Å². The van der Waals surface area contributed by atoms with Gasteiger partial charge in [0.2, 0.25) is 0 Å². The first kappa shape index (κ1) is 10.3. The van der Waals surface area contributed by atoms with Gasteiger partial charge in [0.25, 0.3) is 5.56 Å². The van der Waals surface area contributed by atoms with E-state index in [1.807, 2.05) is 6.92 Å². The first-order valence-corrected chi connectivity index (χ1v) is 5.09. The van der Waals surface area contributed by atoms with E-state index in [4.69, 9.17) is 10.5 Å². The predicted molar refractivity (Wildman–Crippen MR) is 55.3 cm³/mol. The van der Waals surface area contributed by atoms with Crippen molar-refractivity contribution in [2.75, 3.05) is 6.61 Å². The molecule has 1 atom stereocenters. The standard InChI is InChI=1S/C10H15N3O2/c1-10(3-2-4-15-10)9-12-7(6-11)5-8(14)13-9/h5H,2-4,6,11H2,1H3,(H,12,13,14). The Morgan fingerprint density at radius 2 is 2.53 bits per heavy atom. The van der Waals surface area contributed by atoms with Crippen LogP contribution in [-0.4, -0.2) is 16.6 Å². The maximum Gasteiger partial charge on any atom is 0.251 e. The molecule has 2 rings (SSSR count). The highest BCUT2D eigenvalue weighted by Gasteiger charge is 2.34. The summed E-state index contributed by atoms with van der Waals surface area (Å²) in [4.78, 5) is 18.4. The number of H-pyrrole nitrogens is 1. The lowest BCUT2D eigenvalue weighted by atomic mass is 10.0. The number of aromatic amines is 1. The maximum absolute atomic E-state index is 11.4. The molecule has 1 aromatic rings. The summed E-state index contributed by atoms with van der Waals surface area (Å²) in [6.45, 7) is 2.93. The number of hydrogen-bond acceptors (Lipinski definition) is 4. The lowest BCUT2D eigenvalue weighted by Gasteiger charge is -2.21. The Bertz CT molecular complexity index is 407. The molecule has 3 N–H and O–H groups in total. The summed E-state index contributed by atoms with van der Waals surface area (Å²) in [5, 5.41) is 0. The molecule has 15 heavy (non-hydrogen) atoms. The first-order chi connectivity index (χ1) is 7.14. The van der Waals surface area contributed by atoms with Crippen LogP contribution in [0.1, 0.15) is 31.3 Å². The van der Waals surface area contributed by atoms with Crippen molar-refractivity contribution >= 4 is 0 Å². The largest absolute Gasteiger partial charge is 0.367 e. The number of nitrogens with zero attached hydrogens (tertiary/aromatic N) is 1. The van der Waals surface area contributed by atoms with Crippen molar-refractivity contribution in [1.29, 1.82) is 0 Å². The molecule has 1 aliphatic heterocycles. The van der Waals surface area contributed by atoms with Crippen LogP contribution in [-0.2, 0) is 16.9 Å². The highest BCUT2D eigenvalue weighted by atomic mass is 16.5. The minimum Gasteiger partial charge on any atom is -0.367 e. The lowest BCUT2D eigenvalue weighted by molar-refractivity contribution is 0.00895. The Kier molecular flexibility index (Phi) is 2.58. The van der Waals surface area contributed by atoms with Crippen molar-refractivity contribution < 1.29 is 4.74 Å². The van der Waals surface area contributed by atoms with Crippen LogP contribution in [0.4, 0.5) is 0 Å². The average Bonchev–Trinajstić information content (AvgIpc) is 2.65. The molecule has 0 aliphatic carbocycles. The molecular formula is C10H15N3O2. The van der Waals surface area contributed by atoms with E-state index in [0.717, 1.165) is 12.8 Å². The normalized spacial score (nSPS) is 25.7. The van der Waals surface area contributed by atoms with Crippen LogP contribution < -0.4 is 11.3 Å². The molecule has 0 aromatic carbocycles. The van der Waals surface area contributed by atoms with Gasteiger partial charge in [-0.25, -0.2) is 4.98 Å². The van der Waals surface area contributed by atoms with Gasteiger partial charge in [-0.05, 0) is 19.8 Å². The van der Waals surface area contributed by atoms with Gasteiger partial charge >= 0.3 is 0 Å². The fourth-order valence-electron chi connectivity index (χ4n) is 1.83. The van der Waals surface area contributed by atoms with Gasteiger partial charge in [-0.3, -0.25) is 4.79 Å². The molecular weight excluding hydrogens is 194 g/mol. The van der Waals surface area contributed by atoms with Gasteiger partial charge in [0.15, 0.2) is 0 Å². The third kappa shape index (κ3) is 1.93. The summed E-state index contributed by atoms with van der Waals surface area (Å²) in [6, 6.07) is 1.42. The molecule has 1 aromatic heterocycles. The number of rotatable bonds is 2. The second-order valence-corrected chi connectivity index (χ2v) is 3.97. The van der Waals surface area contributed by atoms with Gasteiger partial charge in [0.05, 0.1) is 5.69 Å². The van der Waals surface area contributed by atoms with Crippen molar-refractivity contribution in [3.63, 3.8) is 0 Å². The molecule has 1 fully saturated rings. The van der Waals surface area contributed by atoms with Gasteiger partial charge in [0, 0.05) is 19.2 Å². The fourth-order valence-corrected chi connectivity index (χ4v) is 1.83. The number of aromatic nitrogens is 2. The molecule has 0 amide bonds. The Morgan fingerprint density at radius 1 is 1.73 bits per heavy atom. The van der Waals surface area contributed by atoms with Crippen LogP contribution in [0.25, 0.3) is 0 Å². The zero-order valence-corrected chi connectivity index (χ0v) is 8.75. The Balaban J connectivity index is 2.43. The Labute approximate surface area is 87.7 Å². The molecule has 0 bridgehead atoms. The van der Waals surface area contributed by atoms with Crippen LogP contribution in [0, 0.1) is 0 Å². The molecule has 5 nitrogen and oxygen atoms in total. The summed E-state index contributed by atoms with van der Waals surface area (Å²) in [5.41, 5.74) is 5.45. The zero-order valence-electron chi connectivity index (χ0n) is 8.75. The molecule has 0 saturated carbocycles. The third-order valence-electron chi connectivity index (χ3n) is 2.72. The molecule has 82 valence electrons. The van der Waals surface area contributed by atoms with E-state index in [9.17, 15) is 4.79 Å². The smallest absolute Gasteiger partial charge is 0.251 e. The number of nitrogens with two attached hydrogens (primary N) is 1. The van der Waals surface area contributed by atoms with Crippen molar-refractivity contribution in [3.05, 3.63) is 27.9 Å². The highest BCUT2D eigenvalue weighted by Crippen LogP contribution is 2.32.